The summed E-state index contributed by atoms with van der Waals surface area (Å²) in [4.78, 5) is 2.17. The topological polar surface area (TPSA) is 38.5 Å². The van der Waals surface area contributed by atoms with Gasteiger partial charge in [0.15, 0.2) is 0 Å². The van der Waals surface area contributed by atoms with E-state index in [-0.39, 0.29) is 6.04 Å². The molecule has 3 nitrogen and oxygen atoms in total. The summed E-state index contributed by atoms with van der Waals surface area (Å²) in [5.41, 5.74) is 8.89. The second-order valence-corrected chi connectivity index (χ2v) is 5.47. The van der Waals surface area contributed by atoms with Gasteiger partial charge in [-0.25, -0.2) is 0 Å². The van der Waals surface area contributed by atoms with Crippen molar-refractivity contribution in [3.63, 3.8) is 0 Å². The fraction of sp³-hybridized carbons (Fsp3) is 0.294. The number of anilines is 2. The summed E-state index contributed by atoms with van der Waals surface area (Å²) in [6.45, 7) is 4.73. The molecule has 0 aromatic heterocycles. The minimum atomic E-state index is 0.207. The van der Waals surface area contributed by atoms with Crippen LogP contribution in [0.2, 0.25) is 5.02 Å². The van der Waals surface area contributed by atoms with Crippen LogP contribution in [0.5, 0.6) is 5.75 Å². The number of rotatable bonds is 5. The molecule has 0 saturated carbocycles. The summed E-state index contributed by atoms with van der Waals surface area (Å²) >= 11 is 5.94. The maximum absolute atomic E-state index is 5.96. The van der Waals surface area contributed by atoms with Crippen LogP contribution in [0.25, 0.3) is 0 Å². The zero-order valence-electron chi connectivity index (χ0n) is 12.6. The Balaban J connectivity index is 2.26. The van der Waals surface area contributed by atoms with Crippen molar-refractivity contribution in [3.8, 4) is 5.75 Å². The van der Waals surface area contributed by atoms with E-state index in [0.29, 0.717) is 12.3 Å². The van der Waals surface area contributed by atoms with Crippen molar-refractivity contribution in [1.29, 1.82) is 0 Å². The van der Waals surface area contributed by atoms with Gasteiger partial charge in [0.2, 0.25) is 0 Å². The van der Waals surface area contributed by atoms with E-state index in [1.807, 2.05) is 56.4 Å². The first-order chi connectivity index (χ1) is 10.0. The number of hydrogen-bond donors (Lipinski definition) is 1. The summed E-state index contributed by atoms with van der Waals surface area (Å²) < 4.78 is 5.55. The normalized spacial score (nSPS) is 12.0. The van der Waals surface area contributed by atoms with E-state index in [1.54, 1.807) is 0 Å². The fourth-order valence-electron chi connectivity index (χ4n) is 2.25. The standard InChI is InChI=1S/C17H21ClN2O/c1-4-21-17-10-15(19)9-16(11-17)20(3)12(2)13-5-7-14(18)8-6-13/h5-12H,4,19H2,1-3H3. The lowest BCUT2D eigenvalue weighted by molar-refractivity contribution is 0.340. The van der Waals surface area contributed by atoms with E-state index < -0.39 is 0 Å². The Morgan fingerprint density at radius 3 is 2.48 bits per heavy atom. The highest BCUT2D eigenvalue weighted by atomic mass is 35.5. The van der Waals surface area contributed by atoms with Crippen molar-refractivity contribution in [2.24, 2.45) is 0 Å². The molecular weight excluding hydrogens is 284 g/mol. The summed E-state index contributed by atoms with van der Waals surface area (Å²) in [6.07, 6.45) is 0. The van der Waals surface area contributed by atoms with Crippen LogP contribution in [0.4, 0.5) is 11.4 Å². The first-order valence-electron chi connectivity index (χ1n) is 7.03. The van der Waals surface area contributed by atoms with Gasteiger partial charge in [0.25, 0.3) is 0 Å². The molecule has 4 heteroatoms. The van der Waals surface area contributed by atoms with Crippen LogP contribution in [0, 0.1) is 0 Å². The molecular formula is C17H21ClN2O. The highest BCUT2D eigenvalue weighted by Gasteiger charge is 2.13. The lowest BCUT2D eigenvalue weighted by Gasteiger charge is -2.28. The second-order valence-electron chi connectivity index (χ2n) is 5.03. The molecule has 1 unspecified atom stereocenters. The molecule has 0 radical (unpaired) electrons. The lowest BCUT2D eigenvalue weighted by atomic mass is 10.1. The van der Waals surface area contributed by atoms with E-state index in [2.05, 4.69) is 11.8 Å². The minimum absolute atomic E-state index is 0.207. The Bertz CT molecular complexity index is 598. The molecule has 0 spiro atoms. The zero-order valence-corrected chi connectivity index (χ0v) is 13.4. The van der Waals surface area contributed by atoms with Gasteiger partial charge in [-0.15, -0.1) is 0 Å². The van der Waals surface area contributed by atoms with E-state index in [4.69, 9.17) is 22.1 Å². The first-order valence-corrected chi connectivity index (χ1v) is 7.40. The van der Waals surface area contributed by atoms with Crippen molar-refractivity contribution in [3.05, 3.63) is 53.1 Å². The quantitative estimate of drug-likeness (QED) is 0.825. The van der Waals surface area contributed by atoms with Crippen molar-refractivity contribution in [2.45, 2.75) is 19.9 Å². The van der Waals surface area contributed by atoms with Gasteiger partial charge in [-0.2, -0.15) is 0 Å². The Labute approximate surface area is 131 Å². The Morgan fingerprint density at radius 1 is 1.19 bits per heavy atom. The van der Waals surface area contributed by atoms with Crippen molar-refractivity contribution in [2.75, 3.05) is 24.3 Å². The number of ether oxygens (including phenoxy) is 1. The Hall–Kier alpha value is -1.87. The van der Waals surface area contributed by atoms with Crippen molar-refractivity contribution in [1.82, 2.24) is 0 Å². The third-order valence-electron chi connectivity index (χ3n) is 3.57. The molecule has 0 aliphatic rings. The van der Waals surface area contributed by atoms with Gasteiger partial charge in [-0.3, -0.25) is 0 Å². The van der Waals surface area contributed by atoms with E-state index in [1.165, 1.54) is 5.56 Å². The van der Waals surface area contributed by atoms with Crippen LogP contribution in [-0.2, 0) is 0 Å². The van der Waals surface area contributed by atoms with Crippen LogP contribution in [-0.4, -0.2) is 13.7 Å². The molecule has 112 valence electrons. The molecule has 0 saturated heterocycles. The van der Waals surface area contributed by atoms with Gasteiger partial charge in [0.05, 0.1) is 12.6 Å². The molecule has 0 bridgehead atoms. The third kappa shape index (κ3) is 3.82. The van der Waals surface area contributed by atoms with Crippen LogP contribution in [0.3, 0.4) is 0 Å². The molecule has 2 aromatic rings. The number of nitrogens with two attached hydrogens (primary N) is 1. The number of nitrogen functional groups attached to an aromatic ring is 1. The molecule has 1 atom stereocenters. The summed E-state index contributed by atoms with van der Waals surface area (Å²) in [5, 5.41) is 0.746. The van der Waals surface area contributed by atoms with Gasteiger partial charge in [-0.05, 0) is 37.6 Å². The van der Waals surface area contributed by atoms with Gasteiger partial charge < -0.3 is 15.4 Å². The van der Waals surface area contributed by atoms with Crippen LogP contribution in [0.1, 0.15) is 25.5 Å². The average Bonchev–Trinajstić information content (AvgIpc) is 2.46. The van der Waals surface area contributed by atoms with Gasteiger partial charge in [-0.1, -0.05) is 23.7 Å². The molecule has 21 heavy (non-hydrogen) atoms. The fourth-order valence-corrected chi connectivity index (χ4v) is 2.37. The number of benzene rings is 2. The molecule has 0 heterocycles. The number of halogens is 1. The molecule has 2 rings (SSSR count). The Kier molecular flexibility index (Phi) is 4.97. The monoisotopic (exact) mass is 304 g/mol. The SMILES string of the molecule is CCOc1cc(N)cc(N(C)C(C)c2ccc(Cl)cc2)c1. The van der Waals surface area contributed by atoms with Gasteiger partial charge in [0.1, 0.15) is 5.75 Å². The van der Waals surface area contributed by atoms with Crippen LogP contribution in [0.15, 0.2) is 42.5 Å². The van der Waals surface area contributed by atoms with Crippen LogP contribution >= 0.6 is 11.6 Å². The molecule has 2 N–H and O–H groups in total. The highest BCUT2D eigenvalue weighted by Crippen LogP contribution is 2.30. The van der Waals surface area contributed by atoms with Gasteiger partial charge >= 0.3 is 0 Å². The molecule has 0 aliphatic heterocycles. The first kappa shape index (κ1) is 15.5. The maximum atomic E-state index is 5.96. The smallest absolute Gasteiger partial charge is 0.123 e. The largest absolute Gasteiger partial charge is 0.494 e. The van der Waals surface area contributed by atoms with Crippen LogP contribution < -0.4 is 15.4 Å². The van der Waals surface area contributed by atoms with E-state index >= 15 is 0 Å². The molecule has 0 amide bonds. The predicted molar refractivity (Wildman–Crippen MR) is 90.3 cm³/mol. The molecule has 0 fully saturated rings. The minimum Gasteiger partial charge on any atom is -0.494 e. The summed E-state index contributed by atoms with van der Waals surface area (Å²) in [5.74, 6) is 0.794. The van der Waals surface area contributed by atoms with E-state index in [9.17, 15) is 0 Å². The maximum Gasteiger partial charge on any atom is 0.123 e. The lowest BCUT2D eigenvalue weighted by Crippen LogP contribution is -2.21. The zero-order chi connectivity index (χ0) is 15.4. The van der Waals surface area contributed by atoms with Crippen molar-refractivity contribution >= 4 is 23.0 Å². The number of hydrogen-bond acceptors (Lipinski definition) is 3. The number of nitrogens with zero attached hydrogens (tertiary/aromatic N) is 1. The van der Waals surface area contributed by atoms with Crippen molar-refractivity contribution < 1.29 is 4.74 Å². The molecule has 2 aromatic carbocycles. The average molecular weight is 305 g/mol. The third-order valence-corrected chi connectivity index (χ3v) is 3.82. The Morgan fingerprint density at radius 2 is 1.86 bits per heavy atom. The summed E-state index contributed by atoms with van der Waals surface area (Å²) in [7, 11) is 2.05. The molecule has 0 aliphatic carbocycles. The predicted octanol–water partition coefficient (Wildman–Crippen LogP) is 4.52. The second kappa shape index (κ2) is 6.72. The highest BCUT2D eigenvalue weighted by molar-refractivity contribution is 6.30. The van der Waals surface area contributed by atoms with Gasteiger partial charge in [0, 0.05) is 35.6 Å². The van der Waals surface area contributed by atoms with E-state index in [0.717, 1.165) is 16.5 Å². The summed E-state index contributed by atoms with van der Waals surface area (Å²) in [6, 6.07) is 13.9.